The molecule has 8 nitrogen and oxygen atoms in total. The average molecular weight is 421 g/mol. The van der Waals surface area contributed by atoms with Gasteiger partial charge >= 0.3 is 5.97 Å². The van der Waals surface area contributed by atoms with Gasteiger partial charge in [-0.15, -0.1) is 11.3 Å². The van der Waals surface area contributed by atoms with Gasteiger partial charge in [-0.05, 0) is 32.0 Å². The molecule has 0 spiro atoms. The smallest absolute Gasteiger partial charge is 0.344 e. The molecule has 152 valence electrons. The lowest BCUT2D eigenvalue weighted by Crippen LogP contribution is -2.14. The molecular formula is C21H19N5O3S. The predicted octanol–water partition coefficient (Wildman–Crippen LogP) is 3.34. The second kappa shape index (κ2) is 8.42. The molecule has 1 amide bonds. The topological polar surface area (TPSA) is 98.5 Å². The fourth-order valence-electron chi connectivity index (χ4n) is 2.92. The summed E-state index contributed by atoms with van der Waals surface area (Å²) >= 11 is 1.35. The van der Waals surface area contributed by atoms with E-state index in [1.54, 1.807) is 35.3 Å². The summed E-state index contributed by atoms with van der Waals surface area (Å²) in [6.45, 7) is 3.74. The molecule has 1 N–H and O–H groups in total. The highest BCUT2D eigenvalue weighted by Gasteiger charge is 2.20. The summed E-state index contributed by atoms with van der Waals surface area (Å²) in [6.07, 6.45) is 3.48. The van der Waals surface area contributed by atoms with Crippen LogP contribution in [-0.2, 0) is 22.6 Å². The van der Waals surface area contributed by atoms with Crippen LogP contribution in [-0.4, -0.2) is 31.5 Å². The molecule has 0 saturated carbocycles. The van der Waals surface area contributed by atoms with Crippen molar-refractivity contribution < 1.29 is 14.3 Å². The first-order chi connectivity index (χ1) is 14.5. The van der Waals surface area contributed by atoms with Crippen molar-refractivity contribution in [3.8, 4) is 0 Å². The number of rotatable bonds is 6. The number of fused-ring (bicyclic) bond motifs is 1. The van der Waals surface area contributed by atoms with Gasteiger partial charge in [-0.3, -0.25) is 4.79 Å². The maximum Gasteiger partial charge on any atom is 0.344 e. The average Bonchev–Trinajstić information content (AvgIpc) is 3.30. The number of nitrogens with one attached hydrogen (secondary N) is 1. The van der Waals surface area contributed by atoms with Gasteiger partial charge in [0.2, 0.25) is 5.91 Å². The van der Waals surface area contributed by atoms with Crippen molar-refractivity contribution in [2.75, 3.05) is 5.32 Å². The van der Waals surface area contributed by atoms with E-state index in [0.717, 1.165) is 11.3 Å². The molecule has 0 aliphatic heterocycles. The van der Waals surface area contributed by atoms with Gasteiger partial charge in [0.25, 0.3) is 0 Å². The van der Waals surface area contributed by atoms with E-state index in [1.165, 1.54) is 11.3 Å². The summed E-state index contributed by atoms with van der Waals surface area (Å²) in [7, 11) is 0. The van der Waals surface area contributed by atoms with Crippen LogP contribution >= 0.6 is 11.3 Å². The molecule has 3 heterocycles. The quantitative estimate of drug-likeness (QED) is 0.480. The molecule has 1 aromatic carbocycles. The third kappa shape index (κ3) is 4.36. The van der Waals surface area contributed by atoms with Crippen molar-refractivity contribution in [1.82, 2.24) is 19.6 Å². The number of carbonyl (C=O) groups excluding carboxylic acids is 2. The van der Waals surface area contributed by atoms with Crippen molar-refractivity contribution in [3.05, 3.63) is 75.6 Å². The molecule has 0 unspecified atom stereocenters. The Kier molecular flexibility index (Phi) is 5.53. The molecule has 3 aromatic heterocycles. The van der Waals surface area contributed by atoms with Gasteiger partial charge in [0.15, 0.2) is 5.65 Å². The van der Waals surface area contributed by atoms with E-state index in [4.69, 9.17) is 4.74 Å². The summed E-state index contributed by atoms with van der Waals surface area (Å²) < 4.78 is 6.94. The lowest BCUT2D eigenvalue weighted by atomic mass is 10.2. The van der Waals surface area contributed by atoms with Crippen LogP contribution in [0.25, 0.3) is 5.65 Å². The van der Waals surface area contributed by atoms with Crippen molar-refractivity contribution >= 4 is 34.5 Å². The fraction of sp³-hybridized carbons (Fsp3) is 0.190. The van der Waals surface area contributed by atoms with Crippen LogP contribution in [0.1, 0.15) is 32.3 Å². The SMILES string of the molecule is Cc1ccc(NC(=O)Cc2nc(COC(=O)c3c(C)nn4cccnc34)cs2)cc1. The molecule has 0 fully saturated rings. The Morgan fingerprint density at radius 3 is 2.80 bits per heavy atom. The fourth-order valence-corrected chi connectivity index (χ4v) is 3.70. The van der Waals surface area contributed by atoms with E-state index in [2.05, 4.69) is 20.4 Å². The van der Waals surface area contributed by atoms with E-state index in [1.807, 2.05) is 31.2 Å². The molecule has 0 saturated heterocycles. The van der Waals surface area contributed by atoms with Crippen molar-refractivity contribution in [2.24, 2.45) is 0 Å². The maximum absolute atomic E-state index is 12.5. The molecule has 0 aliphatic carbocycles. The summed E-state index contributed by atoms with van der Waals surface area (Å²) in [5.41, 5.74) is 3.80. The third-order valence-electron chi connectivity index (χ3n) is 4.37. The van der Waals surface area contributed by atoms with Gasteiger partial charge < -0.3 is 10.1 Å². The summed E-state index contributed by atoms with van der Waals surface area (Å²) in [5, 5.41) is 9.54. The van der Waals surface area contributed by atoms with Crippen molar-refractivity contribution in [1.29, 1.82) is 0 Å². The van der Waals surface area contributed by atoms with E-state index in [0.29, 0.717) is 27.6 Å². The second-order valence-corrected chi connectivity index (χ2v) is 7.69. The van der Waals surface area contributed by atoms with Crippen LogP contribution < -0.4 is 5.32 Å². The van der Waals surface area contributed by atoms with Crippen LogP contribution in [0.3, 0.4) is 0 Å². The molecular weight excluding hydrogens is 402 g/mol. The molecule has 4 aromatic rings. The van der Waals surface area contributed by atoms with Crippen LogP contribution in [0.15, 0.2) is 48.1 Å². The van der Waals surface area contributed by atoms with Gasteiger partial charge in [-0.25, -0.2) is 19.3 Å². The minimum Gasteiger partial charge on any atom is -0.455 e. The van der Waals surface area contributed by atoms with Gasteiger partial charge in [-0.1, -0.05) is 17.7 Å². The lowest BCUT2D eigenvalue weighted by molar-refractivity contribution is -0.115. The number of anilines is 1. The Morgan fingerprint density at radius 1 is 1.20 bits per heavy atom. The lowest BCUT2D eigenvalue weighted by Gasteiger charge is -2.04. The Hall–Kier alpha value is -3.59. The third-order valence-corrected chi connectivity index (χ3v) is 5.27. The highest BCUT2D eigenvalue weighted by Crippen LogP contribution is 2.17. The highest BCUT2D eigenvalue weighted by molar-refractivity contribution is 7.09. The van der Waals surface area contributed by atoms with Crippen molar-refractivity contribution in [3.63, 3.8) is 0 Å². The number of aromatic nitrogens is 4. The zero-order valence-corrected chi connectivity index (χ0v) is 17.3. The van der Waals surface area contributed by atoms with E-state index < -0.39 is 5.97 Å². The van der Waals surface area contributed by atoms with Crippen LogP contribution in [0.4, 0.5) is 5.69 Å². The molecule has 4 rings (SSSR count). The van der Waals surface area contributed by atoms with Gasteiger partial charge in [-0.2, -0.15) is 5.10 Å². The number of esters is 1. The first kappa shape index (κ1) is 19.7. The second-order valence-electron chi connectivity index (χ2n) is 6.75. The van der Waals surface area contributed by atoms with E-state index in [9.17, 15) is 9.59 Å². The molecule has 30 heavy (non-hydrogen) atoms. The van der Waals surface area contributed by atoms with Crippen molar-refractivity contribution in [2.45, 2.75) is 26.9 Å². The minimum atomic E-state index is -0.507. The normalized spacial score (nSPS) is 10.9. The van der Waals surface area contributed by atoms with E-state index >= 15 is 0 Å². The number of hydrogen-bond acceptors (Lipinski definition) is 7. The van der Waals surface area contributed by atoms with Crippen LogP contribution in [0.5, 0.6) is 0 Å². The predicted molar refractivity (Wildman–Crippen MR) is 112 cm³/mol. The maximum atomic E-state index is 12.5. The summed E-state index contributed by atoms with van der Waals surface area (Å²) in [5.74, 6) is -0.655. The molecule has 0 bridgehead atoms. The Bertz CT molecular complexity index is 1210. The molecule has 0 atom stereocenters. The summed E-state index contributed by atoms with van der Waals surface area (Å²) in [4.78, 5) is 33.3. The monoisotopic (exact) mass is 421 g/mol. The Morgan fingerprint density at radius 2 is 2.00 bits per heavy atom. The molecule has 0 aliphatic rings. The van der Waals surface area contributed by atoms with Gasteiger partial charge in [0.1, 0.15) is 17.2 Å². The standard InChI is InChI=1S/C21H19N5O3S/c1-13-4-6-15(7-5-13)23-17(27)10-18-24-16(12-30-18)11-29-21(28)19-14(2)25-26-9-3-8-22-20(19)26/h3-9,12H,10-11H2,1-2H3,(H,23,27). The Balaban J connectivity index is 1.35. The number of carbonyl (C=O) groups is 2. The molecule has 0 radical (unpaired) electrons. The highest BCUT2D eigenvalue weighted by atomic mass is 32.1. The van der Waals surface area contributed by atoms with Gasteiger partial charge in [0.05, 0.1) is 17.8 Å². The van der Waals surface area contributed by atoms with E-state index in [-0.39, 0.29) is 18.9 Å². The first-order valence-electron chi connectivity index (χ1n) is 9.26. The number of ether oxygens (including phenoxy) is 1. The molecule has 9 heteroatoms. The van der Waals surface area contributed by atoms with Crippen LogP contribution in [0.2, 0.25) is 0 Å². The largest absolute Gasteiger partial charge is 0.455 e. The number of amides is 1. The Labute approximate surface area is 176 Å². The zero-order valence-electron chi connectivity index (χ0n) is 16.5. The summed E-state index contributed by atoms with van der Waals surface area (Å²) in [6, 6.07) is 9.33. The number of nitrogens with zero attached hydrogens (tertiary/aromatic N) is 4. The number of benzene rings is 1. The first-order valence-corrected chi connectivity index (χ1v) is 10.1. The number of thiazole rings is 1. The van der Waals surface area contributed by atoms with Crippen LogP contribution in [0, 0.1) is 13.8 Å². The number of aryl methyl sites for hydroxylation is 2. The minimum absolute atomic E-state index is 0.0124. The zero-order chi connectivity index (χ0) is 21.1. The number of hydrogen-bond donors (Lipinski definition) is 1. The van der Waals surface area contributed by atoms with Gasteiger partial charge in [0, 0.05) is 23.5 Å².